The highest BCUT2D eigenvalue weighted by molar-refractivity contribution is 5.17. The van der Waals surface area contributed by atoms with Crippen LogP contribution in [0.4, 0.5) is 0 Å². The molecule has 4 saturated carbocycles. The Kier molecular flexibility index (Phi) is 9.54. The Morgan fingerprint density at radius 3 is 2.16 bits per heavy atom. The van der Waals surface area contributed by atoms with Crippen LogP contribution in [0.15, 0.2) is 0 Å². The highest BCUT2D eigenvalue weighted by Gasteiger charge is 2.67. The monoisotopic (exact) mass is 628 g/mol. The zero-order valence-corrected chi connectivity index (χ0v) is 26.5. The quantitative estimate of drug-likeness (QED) is 0.216. The number of fused-ring (bicyclic) bond motifs is 5. The Balaban J connectivity index is 1.03. The van der Waals surface area contributed by atoms with Crippen molar-refractivity contribution in [1.82, 2.24) is 0 Å². The first-order valence-corrected chi connectivity index (χ1v) is 17.1. The Hall–Kier alpha value is -0.440. The lowest BCUT2D eigenvalue weighted by atomic mass is 9.43. The van der Waals surface area contributed by atoms with Gasteiger partial charge in [-0.3, -0.25) is 0 Å². The molecule has 6 aliphatic rings. The summed E-state index contributed by atoms with van der Waals surface area (Å²) in [5.41, 5.74) is -0.816. The fraction of sp³-hybridized carbons (Fsp3) is 1.00. The maximum absolute atomic E-state index is 12.2. The highest BCUT2D eigenvalue weighted by atomic mass is 16.7. The van der Waals surface area contributed by atoms with Crippen molar-refractivity contribution in [3.63, 3.8) is 0 Å². The van der Waals surface area contributed by atoms with Gasteiger partial charge in [-0.2, -0.15) is 0 Å². The molecule has 2 saturated heterocycles. The summed E-state index contributed by atoms with van der Waals surface area (Å²) in [7, 11) is 0. The van der Waals surface area contributed by atoms with Crippen LogP contribution >= 0.6 is 0 Å². The van der Waals surface area contributed by atoms with E-state index in [1.807, 2.05) is 6.92 Å². The molecule has 4 aliphatic carbocycles. The van der Waals surface area contributed by atoms with Crippen molar-refractivity contribution >= 4 is 0 Å². The summed E-state index contributed by atoms with van der Waals surface area (Å²) in [6.07, 6.45) is -0.246. The molecule has 0 aromatic rings. The van der Waals surface area contributed by atoms with E-state index in [1.165, 1.54) is 0 Å². The minimum atomic E-state index is -1.22. The Bertz CT molecular complexity index is 999. The number of hydrogen-bond acceptors (Lipinski definition) is 11. The number of ether oxygens (including phenoxy) is 4. The van der Waals surface area contributed by atoms with Gasteiger partial charge in [0.1, 0.15) is 24.4 Å². The van der Waals surface area contributed by atoms with Crippen LogP contribution < -0.4 is 0 Å². The molecular formula is C33H56O11. The van der Waals surface area contributed by atoms with Gasteiger partial charge in [0.25, 0.3) is 0 Å². The second-order valence-corrected chi connectivity index (χ2v) is 15.6. The molecule has 11 nitrogen and oxygen atoms in total. The van der Waals surface area contributed by atoms with Crippen molar-refractivity contribution in [1.29, 1.82) is 0 Å². The number of aliphatic hydroxyl groups is 7. The zero-order valence-electron chi connectivity index (χ0n) is 26.5. The van der Waals surface area contributed by atoms with Gasteiger partial charge >= 0.3 is 0 Å². The standard InChI is InChI=1S/C33H56O11/c1-17(34)20-8-11-33(40)22-5-4-18-12-19(6-9-31(18,2)21(22)7-10-32(20,33)3)41-15-26-30(39)24(36)14-28(44-26)42-16-25-29(38)23(35)13-27(37)43-25/h17-30,34-40H,4-16H2,1-3H3. The van der Waals surface area contributed by atoms with Gasteiger partial charge in [-0.25, -0.2) is 0 Å². The van der Waals surface area contributed by atoms with E-state index in [1.54, 1.807) is 0 Å². The van der Waals surface area contributed by atoms with Gasteiger partial charge in [-0.1, -0.05) is 13.8 Å². The van der Waals surface area contributed by atoms with Gasteiger partial charge in [0.05, 0.1) is 43.2 Å². The average molecular weight is 629 g/mol. The SMILES string of the molecule is CC(O)C1CCC2(O)C3CCC4CC(OCC5OC(OCC6OC(O)CC(O)C6O)CC(O)C5O)CCC4(C)C3CCC12C. The maximum atomic E-state index is 12.2. The van der Waals surface area contributed by atoms with Crippen LogP contribution in [-0.4, -0.2) is 116 Å². The molecule has 0 aromatic carbocycles. The van der Waals surface area contributed by atoms with Crippen LogP contribution in [0, 0.1) is 34.5 Å². The van der Waals surface area contributed by atoms with E-state index in [4.69, 9.17) is 18.9 Å². The summed E-state index contributed by atoms with van der Waals surface area (Å²) in [5, 5.41) is 73.8. The molecule has 0 bridgehead atoms. The van der Waals surface area contributed by atoms with Gasteiger partial charge in [0.2, 0.25) is 0 Å². The summed E-state index contributed by atoms with van der Waals surface area (Å²) in [5.74, 6) is 1.35. The second-order valence-electron chi connectivity index (χ2n) is 15.6. The molecule has 11 heteroatoms. The maximum Gasteiger partial charge on any atom is 0.160 e. The molecule has 0 spiro atoms. The van der Waals surface area contributed by atoms with Crippen molar-refractivity contribution < 1.29 is 54.7 Å². The third-order valence-electron chi connectivity index (χ3n) is 13.5. The van der Waals surface area contributed by atoms with Crippen LogP contribution in [0.5, 0.6) is 0 Å². The van der Waals surface area contributed by atoms with Crippen molar-refractivity contribution in [3.8, 4) is 0 Å². The lowest BCUT2D eigenvalue weighted by Gasteiger charge is -2.64. The summed E-state index contributed by atoms with van der Waals surface area (Å²) in [4.78, 5) is 0. The molecule has 0 aromatic heterocycles. The third-order valence-corrected chi connectivity index (χ3v) is 13.5. The van der Waals surface area contributed by atoms with E-state index in [0.717, 1.165) is 57.8 Å². The molecule has 6 fully saturated rings. The molecule has 254 valence electrons. The van der Waals surface area contributed by atoms with Crippen LogP contribution in [0.25, 0.3) is 0 Å². The fourth-order valence-electron chi connectivity index (χ4n) is 10.8. The van der Waals surface area contributed by atoms with Crippen molar-refractivity contribution in [2.24, 2.45) is 34.5 Å². The van der Waals surface area contributed by atoms with Gasteiger partial charge in [0.15, 0.2) is 12.6 Å². The molecule has 17 unspecified atom stereocenters. The van der Waals surface area contributed by atoms with Gasteiger partial charge in [-0.15, -0.1) is 0 Å². The van der Waals surface area contributed by atoms with E-state index in [-0.39, 0.29) is 54.8 Å². The predicted octanol–water partition coefficient (Wildman–Crippen LogP) is 1.21. The first-order valence-electron chi connectivity index (χ1n) is 17.1. The number of hydrogen-bond donors (Lipinski definition) is 7. The van der Waals surface area contributed by atoms with E-state index >= 15 is 0 Å². The molecule has 7 N–H and O–H groups in total. The Morgan fingerprint density at radius 1 is 0.750 bits per heavy atom. The highest BCUT2D eigenvalue weighted by Crippen LogP contribution is 2.69. The molecule has 2 heterocycles. The zero-order chi connectivity index (χ0) is 31.6. The molecule has 0 amide bonds. The van der Waals surface area contributed by atoms with Crippen molar-refractivity contribution in [2.75, 3.05) is 13.2 Å². The van der Waals surface area contributed by atoms with E-state index in [0.29, 0.717) is 11.8 Å². The molecule has 44 heavy (non-hydrogen) atoms. The number of aliphatic hydroxyl groups excluding tert-OH is 6. The summed E-state index contributed by atoms with van der Waals surface area (Å²) >= 11 is 0. The average Bonchev–Trinajstić information content (AvgIpc) is 3.26. The van der Waals surface area contributed by atoms with Crippen LogP contribution in [-0.2, 0) is 18.9 Å². The first-order chi connectivity index (χ1) is 20.8. The Labute approximate surface area is 260 Å². The molecule has 17 atom stereocenters. The first kappa shape index (κ1) is 33.5. The van der Waals surface area contributed by atoms with Crippen LogP contribution in [0.1, 0.15) is 91.4 Å². The third kappa shape index (κ3) is 5.70. The van der Waals surface area contributed by atoms with Gasteiger partial charge in [-0.05, 0) is 93.8 Å². The molecule has 2 aliphatic heterocycles. The van der Waals surface area contributed by atoms with Gasteiger partial charge < -0.3 is 54.7 Å². The second kappa shape index (κ2) is 12.5. The summed E-state index contributed by atoms with van der Waals surface area (Å²) < 4.78 is 23.3. The van der Waals surface area contributed by atoms with E-state index in [2.05, 4.69) is 13.8 Å². The smallest absolute Gasteiger partial charge is 0.160 e. The van der Waals surface area contributed by atoms with Crippen molar-refractivity contribution in [3.05, 3.63) is 0 Å². The molecule has 6 rings (SSSR count). The normalized spacial score (nSPS) is 55.1. The summed E-state index contributed by atoms with van der Waals surface area (Å²) in [6, 6.07) is 0. The van der Waals surface area contributed by atoms with Crippen molar-refractivity contribution in [2.45, 2.75) is 158 Å². The van der Waals surface area contributed by atoms with Crippen LogP contribution in [0.3, 0.4) is 0 Å². The summed E-state index contributed by atoms with van der Waals surface area (Å²) in [6.45, 7) is 6.48. The lowest BCUT2D eigenvalue weighted by molar-refractivity contribution is -0.289. The van der Waals surface area contributed by atoms with E-state index in [9.17, 15) is 35.7 Å². The number of rotatable bonds is 7. The Morgan fingerprint density at radius 2 is 1.43 bits per heavy atom. The topological polar surface area (TPSA) is 179 Å². The largest absolute Gasteiger partial charge is 0.393 e. The van der Waals surface area contributed by atoms with E-state index < -0.39 is 60.9 Å². The van der Waals surface area contributed by atoms with Crippen LogP contribution in [0.2, 0.25) is 0 Å². The minimum Gasteiger partial charge on any atom is -0.393 e. The minimum absolute atomic E-state index is 0.00988. The molecular weight excluding hydrogens is 572 g/mol. The fourth-order valence-corrected chi connectivity index (χ4v) is 10.8. The predicted molar refractivity (Wildman–Crippen MR) is 157 cm³/mol. The molecule has 0 radical (unpaired) electrons. The van der Waals surface area contributed by atoms with Gasteiger partial charge in [0, 0.05) is 18.3 Å². The lowest BCUT2D eigenvalue weighted by Crippen LogP contribution is -2.62.